The molecular weight excluding hydrogens is 1070 g/mol. The van der Waals surface area contributed by atoms with Gasteiger partial charge in [0.15, 0.2) is 6.10 Å². The van der Waals surface area contributed by atoms with Crippen molar-refractivity contribution in [3.8, 4) is 0 Å². The maximum absolute atomic E-state index is 12.9. The first-order valence-corrected chi connectivity index (χ1v) is 39.8. The van der Waals surface area contributed by atoms with Crippen molar-refractivity contribution in [3.05, 3.63) is 0 Å². The summed E-state index contributed by atoms with van der Waals surface area (Å²) in [4.78, 5) is 35.9. The van der Waals surface area contributed by atoms with Crippen LogP contribution in [0, 0.1) is 0 Å². The van der Waals surface area contributed by atoms with Crippen molar-refractivity contribution in [1.82, 2.24) is 0 Å². The molecule has 1 N–H and O–H groups in total. The maximum atomic E-state index is 12.9. The molecule has 0 saturated carbocycles. The number of hydrogen-bond acceptors (Lipinski definition) is 7. The van der Waals surface area contributed by atoms with Crippen LogP contribution in [0.4, 0.5) is 0 Å². The summed E-state index contributed by atoms with van der Waals surface area (Å²) in [5.74, 6) is -0.765. The van der Waals surface area contributed by atoms with Gasteiger partial charge >= 0.3 is 19.8 Å². The van der Waals surface area contributed by atoms with E-state index in [0.717, 1.165) is 38.5 Å². The third-order valence-corrected chi connectivity index (χ3v) is 18.9. The summed E-state index contributed by atoms with van der Waals surface area (Å²) in [5, 5.41) is 0. The second kappa shape index (κ2) is 67.4. The number of phosphoric ester groups is 1. The van der Waals surface area contributed by atoms with Crippen LogP contribution in [0.2, 0.25) is 0 Å². The number of unbranched alkanes of at least 4 members (excludes halogenated alkanes) is 59. The third kappa shape index (κ3) is 72.0. The van der Waals surface area contributed by atoms with E-state index in [1.54, 1.807) is 0 Å². The van der Waals surface area contributed by atoms with Gasteiger partial charge in [0.25, 0.3) is 0 Å². The number of likely N-dealkylation sites (N-methyl/N-ethyl adjacent to an activating group) is 1. The molecule has 9 nitrogen and oxygen atoms in total. The highest BCUT2D eigenvalue weighted by molar-refractivity contribution is 7.47. The highest BCUT2D eigenvalue weighted by Crippen LogP contribution is 2.43. The Morgan fingerprint density at radius 2 is 0.529 bits per heavy atom. The van der Waals surface area contributed by atoms with Gasteiger partial charge in [0, 0.05) is 12.8 Å². The minimum absolute atomic E-state index is 0.0378. The fraction of sp³-hybridized carbons (Fsp3) is 0.973. The second-order valence-corrected chi connectivity index (χ2v) is 29.2. The molecule has 0 radical (unpaired) electrons. The molecule has 0 aliphatic carbocycles. The molecule has 0 aromatic heterocycles. The van der Waals surface area contributed by atoms with Crippen LogP contribution in [0.5, 0.6) is 0 Å². The van der Waals surface area contributed by atoms with Crippen molar-refractivity contribution < 1.29 is 42.1 Å². The number of esters is 2. The summed E-state index contributed by atoms with van der Waals surface area (Å²) in [6.45, 7) is 4.54. The first-order valence-electron chi connectivity index (χ1n) is 38.3. The summed E-state index contributed by atoms with van der Waals surface area (Å²) < 4.78 is 34.8. The van der Waals surface area contributed by atoms with Crippen molar-refractivity contribution >= 4 is 19.8 Å². The monoisotopic (exact) mass is 1230 g/mol. The van der Waals surface area contributed by atoms with E-state index in [-0.39, 0.29) is 25.6 Å². The average molecular weight is 1230 g/mol. The molecule has 0 aromatic rings. The van der Waals surface area contributed by atoms with Crippen LogP contribution in [0.25, 0.3) is 0 Å². The van der Waals surface area contributed by atoms with Crippen LogP contribution in [-0.2, 0) is 32.7 Å². The zero-order valence-corrected chi connectivity index (χ0v) is 59.0. The molecule has 0 bridgehead atoms. The Balaban J connectivity index is 3.91. The van der Waals surface area contributed by atoms with E-state index in [4.69, 9.17) is 18.5 Å². The third-order valence-electron chi connectivity index (χ3n) is 17.9. The van der Waals surface area contributed by atoms with Crippen molar-refractivity contribution in [1.29, 1.82) is 0 Å². The van der Waals surface area contributed by atoms with Gasteiger partial charge in [0.1, 0.15) is 19.8 Å². The summed E-state index contributed by atoms with van der Waals surface area (Å²) in [7, 11) is 1.51. The van der Waals surface area contributed by atoms with Crippen molar-refractivity contribution in [2.45, 2.75) is 424 Å². The van der Waals surface area contributed by atoms with Crippen molar-refractivity contribution in [2.24, 2.45) is 0 Å². The van der Waals surface area contributed by atoms with Crippen molar-refractivity contribution in [3.63, 3.8) is 0 Å². The smallest absolute Gasteiger partial charge is 0.462 e. The molecule has 2 atom stereocenters. The summed E-state index contributed by atoms with van der Waals surface area (Å²) >= 11 is 0. The number of carbonyl (C=O) groups is 2. The molecule has 0 amide bonds. The van der Waals surface area contributed by atoms with E-state index in [0.29, 0.717) is 17.4 Å². The van der Waals surface area contributed by atoms with Crippen LogP contribution in [0.1, 0.15) is 418 Å². The number of quaternary nitrogens is 1. The van der Waals surface area contributed by atoms with Gasteiger partial charge in [-0.05, 0) is 12.8 Å². The van der Waals surface area contributed by atoms with Crippen LogP contribution in [-0.4, -0.2) is 74.9 Å². The van der Waals surface area contributed by atoms with Gasteiger partial charge in [-0.25, -0.2) is 4.57 Å². The van der Waals surface area contributed by atoms with E-state index in [1.807, 2.05) is 21.1 Å². The van der Waals surface area contributed by atoms with Gasteiger partial charge < -0.3 is 18.9 Å². The predicted octanol–water partition coefficient (Wildman–Crippen LogP) is 24.9. The van der Waals surface area contributed by atoms with E-state index >= 15 is 0 Å². The highest BCUT2D eigenvalue weighted by atomic mass is 31.2. The van der Waals surface area contributed by atoms with E-state index in [1.165, 1.54) is 353 Å². The fourth-order valence-electron chi connectivity index (χ4n) is 12.0. The van der Waals surface area contributed by atoms with Gasteiger partial charge in [-0.2, -0.15) is 0 Å². The normalized spacial score (nSPS) is 13.0. The Hall–Kier alpha value is -0.990. The molecule has 0 saturated heterocycles. The lowest BCUT2D eigenvalue weighted by Gasteiger charge is -2.24. The Morgan fingerprint density at radius 1 is 0.318 bits per heavy atom. The largest absolute Gasteiger partial charge is 0.472 e. The zero-order valence-electron chi connectivity index (χ0n) is 58.2. The topological polar surface area (TPSA) is 108 Å². The van der Waals surface area contributed by atoms with E-state index in [9.17, 15) is 19.0 Å². The Morgan fingerprint density at radius 3 is 0.753 bits per heavy atom. The van der Waals surface area contributed by atoms with Crippen LogP contribution in [0.3, 0.4) is 0 Å². The molecular formula is C75H151NO8P+. The minimum atomic E-state index is -4.39. The lowest BCUT2D eigenvalue weighted by molar-refractivity contribution is -0.870. The molecule has 0 aliphatic heterocycles. The fourth-order valence-corrected chi connectivity index (χ4v) is 12.8. The molecule has 10 heteroatoms. The molecule has 0 aromatic carbocycles. The van der Waals surface area contributed by atoms with Crippen LogP contribution < -0.4 is 0 Å². The Labute approximate surface area is 531 Å². The standard InChI is InChI=1S/C75H150NO8P/c1-6-8-10-12-14-16-18-20-22-24-26-28-30-32-34-35-36-37-38-39-40-42-44-46-48-50-52-54-56-58-60-62-64-66-68-75(78)84-73(72-83-85(79,80)82-70-69-76(3,4)5)71-81-74(77)67-65-63-61-59-57-55-53-51-49-47-45-43-41-33-31-29-27-25-23-21-19-17-15-13-11-9-7-2/h73H,6-72H2,1-5H3/p+1. The number of carbonyl (C=O) groups excluding carboxylic acids is 2. The van der Waals surface area contributed by atoms with Crippen LogP contribution in [0.15, 0.2) is 0 Å². The van der Waals surface area contributed by atoms with E-state index < -0.39 is 26.5 Å². The minimum Gasteiger partial charge on any atom is -0.462 e. The van der Waals surface area contributed by atoms with Gasteiger partial charge in [-0.1, -0.05) is 393 Å². The summed E-state index contributed by atoms with van der Waals surface area (Å²) in [5.41, 5.74) is 0. The zero-order chi connectivity index (χ0) is 61.9. The molecule has 85 heavy (non-hydrogen) atoms. The van der Waals surface area contributed by atoms with E-state index in [2.05, 4.69) is 13.8 Å². The predicted molar refractivity (Wildman–Crippen MR) is 368 cm³/mol. The molecule has 0 aliphatic rings. The Bertz CT molecular complexity index is 1390. The first kappa shape index (κ1) is 84.0. The van der Waals surface area contributed by atoms with Crippen LogP contribution >= 0.6 is 7.82 Å². The quantitative estimate of drug-likeness (QED) is 0.0278. The first-order chi connectivity index (χ1) is 41.5. The molecule has 0 heterocycles. The van der Waals surface area contributed by atoms with Gasteiger partial charge in [0.2, 0.25) is 0 Å². The summed E-state index contributed by atoms with van der Waals surface area (Å²) in [6, 6.07) is 0. The highest BCUT2D eigenvalue weighted by Gasteiger charge is 2.27. The maximum Gasteiger partial charge on any atom is 0.472 e. The molecule has 508 valence electrons. The summed E-state index contributed by atoms with van der Waals surface area (Å²) in [6.07, 6.45) is 82.5. The number of phosphoric acid groups is 1. The molecule has 0 rings (SSSR count). The lowest BCUT2D eigenvalue weighted by Crippen LogP contribution is -2.37. The molecule has 0 fully saturated rings. The SMILES string of the molecule is CCCCCCCCCCCCCCCCCCCCCCCCCCCCCCCCCCCCC(=O)OC(COC(=O)CCCCCCCCCCCCCCCCCCCCCCCCCCCCC)COP(=O)(O)OCC[N+](C)(C)C. The number of ether oxygens (including phenoxy) is 2. The molecule has 0 spiro atoms. The molecule has 2 unspecified atom stereocenters. The average Bonchev–Trinajstić information content (AvgIpc) is 3.54. The number of rotatable bonds is 73. The van der Waals surface area contributed by atoms with Crippen molar-refractivity contribution in [2.75, 3.05) is 47.5 Å². The lowest BCUT2D eigenvalue weighted by atomic mass is 10.0. The second-order valence-electron chi connectivity index (χ2n) is 27.8. The Kier molecular flexibility index (Phi) is 66.6. The van der Waals surface area contributed by atoms with Gasteiger partial charge in [-0.3, -0.25) is 18.6 Å². The van der Waals surface area contributed by atoms with Gasteiger partial charge in [-0.15, -0.1) is 0 Å². The van der Waals surface area contributed by atoms with Gasteiger partial charge in [0.05, 0.1) is 27.7 Å². The number of nitrogens with zero attached hydrogens (tertiary/aromatic N) is 1. The number of hydrogen-bond donors (Lipinski definition) is 1.